The lowest BCUT2D eigenvalue weighted by Crippen LogP contribution is -2.07. The second-order valence-electron chi connectivity index (χ2n) is 7.39. The molecule has 0 spiro atoms. The zero-order valence-corrected chi connectivity index (χ0v) is 18.0. The van der Waals surface area contributed by atoms with Crippen LogP contribution in [0.2, 0.25) is 0 Å². The molecule has 0 unspecified atom stereocenters. The summed E-state index contributed by atoms with van der Waals surface area (Å²) in [6, 6.07) is 22.2. The summed E-state index contributed by atoms with van der Waals surface area (Å²) >= 11 is 0. The van der Waals surface area contributed by atoms with Gasteiger partial charge in [0.15, 0.2) is 0 Å². The maximum Gasteiger partial charge on any atom is 0.338 e. The number of carbonyl (C=O) groups excluding carboxylic acids is 2. The molecule has 6 nitrogen and oxygen atoms in total. The molecule has 0 fully saturated rings. The number of hydrogen-bond acceptors (Lipinski definition) is 5. The quantitative estimate of drug-likeness (QED) is 0.356. The van der Waals surface area contributed by atoms with Gasteiger partial charge in [0.2, 0.25) is 11.8 Å². The predicted molar refractivity (Wildman–Crippen MR) is 124 cm³/mol. The summed E-state index contributed by atoms with van der Waals surface area (Å²) in [4.78, 5) is 29.6. The third-order valence-electron chi connectivity index (χ3n) is 5.29. The fourth-order valence-corrected chi connectivity index (χ4v) is 3.80. The maximum absolute atomic E-state index is 12.5. The van der Waals surface area contributed by atoms with E-state index in [-0.39, 0.29) is 11.8 Å². The highest BCUT2D eigenvalue weighted by Gasteiger charge is 2.26. The number of para-hydroxylation sites is 1. The van der Waals surface area contributed by atoms with E-state index >= 15 is 0 Å². The van der Waals surface area contributed by atoms with Crippen molar-refractivity contribution in [2.45, 2.75) is 13.8 Å². The molecule has 0 aliphatic heterocycles. The Kier molecular flexibility index (Phi) is 5.60. The SMILES string of the molecule is COC(=O)c1cc2c(cc1C)c(C(=Nc1ccccc1)c1ccccc1)c(O)n2C(C)=O. The summed E-state index contributed by atoms with van der Waals surface area (Å²) in [5.74, 6) is -1.12. The second kappa shape index (κ2) is 8.51. The Hall–Kier alpha value is -4.19. The average molecular weight is 426 g/mol. The molecular weight excluding hydrogens is 404 g/mol. The number of fused-ring (bicyclic) bond motifs is 1. The van der Waals surface area contributed by atoms with Crippen molar-refractivity contribution in [2.24, 2.45) is 4.99 Å². The number of nitrogens with zero attached hydrogens (tertiary/aromatic N) is 2. The van der Waals surface area contributed by atoms with E-state index in [1.165, 1.54) is 18.6 Å². The van der Waals surface area contributed by atoms with Crippen LogP contribution in [0.1, 0.15) is 38.8 Å². The van der Waals surface area contributed by atoms with Gasteiger partial charge in [-0.3, -0.25) is 9.36 Å². The van der Waals surface area contributed by atoms with Gasteiger partial charge in [0.25, 0.3) is 0 Å². The standard InChI is InChI=1S/C26H22N2O4/c1-16-14-21-22(15-20(16)26(31)32-3)28(17(2)29)25(30)23(21)24(18-10-6-4-7-11-18)27-19-12-8-5-9-13-19/h4-15,30H,1-3H3. The molecule has 1 aromatic heterocycles. The number of aromatic nitrogens is 1. The topological polar surface area (TPSA) is 80.9 Å². The number of esters is 1. The molecule has 0 atom stereocenters. The molecule has 0 aliphatic rings. The van der Waals surface area contributed by atoms with Crippen molar-refractivity contribution in [2.75, 3.05) is 7.11 Å². The Balaban J connectivity index is 2.10. The first kappa shape index (κ1) is 21.1. The number of aryl methyl sites for hydroxylation is 1. The largest absolute Gasteiger partial charge is 0.494 e. The monoisotopic (exact) mass is 426 g/mol. The molecule has 6 heteroatoms. The first-order valence-corrected chi connectivity index (χ1v) is 10.1. The smallest absolute Gasteiger partial charge is 0.338 e. The van der Waals surface area contributed by atoms with Crippen LogP contribution in [0.25, 0.3) is 10.9 Å². The summed E-state index contributed by atoms with van der Waals surface area (Å²) < 4.78 is 6.07. The number of carbonyl (C=O) groups is 2. The van der Waals surface area contributed by atoms with Gasteiger partial charge in [0, 0.05) is 17.9 Å². The van der Waals surface area contributed by atoms with Gasteiger partial charge in [0.05, 0.1) is 35.2 Å². The first-order chi connectivity index (χ1) is 15.4. The van der Waals surface area contributed by atoms with Crippen molar-refractivity contribution in [3.8, 4) is 5.88 Å². The molecule has 0 bridgehead atoms. The lowest BCUT2D eigenvalue weighted by Gasteiger charge is -2.09. The van der Waals surface area contributed by atoms with Gasteiger partial charge in [0.1, 0.15) is 0 Å². The zero-order chi connectivity index (χ0) is 22.8. The number of methoxy groups -OCH3 is 1. The highest BCUT2D eigenvalue weighted by Crippen LogP contribution is 2.36. The Morgan fingerprint density at radius 2 is 1.59 bits per heavy atom. The first-order valence-electron chi connectivity index (χ1n) is 10.1. The van der Waals surface area contributed by atoms with Crippen LogP contribution >= 0.6 is 0 Å². The molecule has 32 heavy (non-hydrogen) atoms. The Morgan fingerprint density at radius 1 is 0.969 bits per heavy atom. The van der Waals surface area contributed by atoms with E-state index < -0.39 is 5.97 Å². The van der Waals surface area contributed by atoms with Crippen molar-refractivity contribution in [1.82, 2.24) is 4.57 Å². The van der Waals surface area contributed by atoms with E-state index in [0.717, 1.165) is 5.56 Å². The molecule has 0 amide bonds. The fourth-order valence-electron chi connectivity index (χ4n) is 3.80. The maximum atomic E-state index is 12.5. The highest BCUT2D eigenvalue weighted by molar-refractivity contribution is 6.23. The normalized spacial score (nSPS) is 11.5. The van der Waals surface area contributed by atoms with Gasteiger partial charge in [-0.05, 0) is 36.8 Å². The van der Waals surface area contributed by atoms with Crippen LogP contribution in [0, 0.1) is 6.92 Å². The summed E-state index contributed by atoms with van der Waals surface area (Å²) in [6.45, 7) is 3.14. The lowest BCUT2D eigenvalue weighted by atomic mass is 9.98. The van der Waals surface area contributed by atoms with Crippen molar-refractivity contribution < 1.29 is 19.4 Å². The van der Waals surface area contributed by atoms with Crippen LogP contribution in [0.15, 0.2) is 77.8 Å². The summed E-state index contributed by atoms with van der Waals surface area (Å²) in [6.07, 6.45) is 0. The molecule has 3 aromatic carbocycles. The van der Waals surface area contributed by atoms with Crippen molar-refractivity contribution >= 4 is 34.2 Å². The number of benzene rings is 3. The van der Waals surface area contributed by atoms with Crippen molar-refractivity contribution in [1.29, 1.82) is 0 Å². The number of aromatic hydroxyl groups is 1. The number of aliphatic imine (C=N–C) groups is 1. The molecule has 1 heterocycles. The second-order valence-corrected chi connectivity index (χ2v) is 7.39. The summed E-state index contributed by atoms with van der Waals surface area (Å²) in [5, 5.41) is 11.8. The minimum absolute atomic E-state index is 0.229. The van der Waals surface area contributed by atoms with Crippen LogP contribution in [-0.2, 0) is 4.74 Å². The van der Waals surface area contributed by atoms with Gasteiger partial charge in [-0.25, -0.2) is 9.79 Å². The number of ether oxygens (including phenoxy) is 1. The minimum Gasteiger partial charge on any atom is -0.494 e. The van der Waals surface area contributed by atoms with E-state index in [9.17, 15) is 14.7 Å². The highest BCUT2D eigenvalue weighted by atomic mass is 16.5. The van der Waals surface area contributed by atoms with Crippen molar-refractivity contribution in [3.05, 3.63) is 95.1 Å². The molecule has 1 N–H and O–H groups in total. The van der Waals surface area contributed by atoms with E-state index in [1.54, 1.807) is 19.1 Å². The summed E-state index contributed by atoms with van der Waals surface area (Å²) in [5.41, 5.74) is 3.83. The van der Waals surface area contributed by atoms with Crippen LogP contribution in [0.5, 0.6) is 5.88 Å². The van der Waals surface area contributed by atoms with Crippen LogP contribution in [-0.4, -0.2) is 34.4 Å². The van der Waals surface area contributed by atoms with Gasteiger partial charge in [-0.1, -0.05) is 48.5 Å². The molecule has 0 aliphatic carbocycles. The van der Waals surface area contributed by atoms with Crippen LogP contribution in [0.4, 0.5) is 5.69 Å². The third kappa shape index (κ3) is 3.67. The zero-order valence-electron chi connectivity index (χ0n) is 18.0. The van der Waals surface area contributed by atoms with E-state index in [1.807, 2.05) is 60.7 Å². The predicted octanol–water partition coefficient (Wildman–Crippen LogP) is 5.27. The molecule has 0 saturated carbocycles. The fraction of sp³-hybridized carbons (Fsp3) is 0.115. The van der Waals surface area contributed by atoms with Crippen molar-refractivity contribution in [3.63, 3.8) is 0 Å². The van der Waals surface area contributed by atoms with E-state index in [2.05, 4.69) is 0 Å². The molecule has 4 aromatic rings. The summed E-state index contributed by atoms with van der Waals surface area (Å²) in [7, 11) is 1.30. The molecule has 160 valence electrons. The van der Waals surface area contributed by atoms with Crippen LogP contribution in [0.3, 0.4) is 0 Å². The Bertz CT molecular complexity index is 1350. The minimum atomic E-state index is -0.511. The Labute approximate surface area is 185 Å². The molecule has 0 saturated heterocycles. The lowest BCUT2D eigenvalue weighted by molar-refractivity contribution is 0.0599. The number of rotatable bonds is 4. The van der Waals surface area contributed by atoms with Gasteiger partial charge >= 0.3 is 5.97 Å². The van der Waals surface area contributed by atoms with E-state index in [4.69, 9.17) is 9.73 Å². The average Bonchev–Trinajstić information content (AvgIpc) is 3.08. The molecule has 4 rings (SSSR count). The van der Waals surface area contributed by atoms with Gasteiger partial charge < -0.3 is 9.84 Å². The van der Waals surface area contributed by atoms with Gasteiger partial charge in [-0.2, -0.15) is 0 Å². The Morgan fingerprint density at radius 3 is 2.19 bits per heavy atom. The number of hydrogen-bond donors (Lipinski definition) is 1. The molecule has 0 radical (unpaired) electrons. The van der Waals surface area contributed by atoms with E-state index in [0.29, 0.717) is 39.0 Å². The van der Waals surface area contributed by atoms with Crippen LogP contribution < -0.4 is 0 Å². The third-order valence-corrected chi connectivity index (χ3v) is 5.29. The molecular formula is C26H22N2O4. The van der Waals surface area contributed by atoms with Gasteiger partial charge in [-0.15, -0.1) is 0 Å².